The fourth-order valence-corrected chi connectivity index (χ4v) is 6.18. The van der Waals surface area contributed by atoms with Gasteiger partial charge in [-0.15, -0.1) is 0 Å². The number of ether oxygens (including phenoxy) is 1. The molecule has 1 aliphatic carbocycles. The smallest absolute Gasteiger partial charge is 0.224 e. The van der Waals surface area contributed by atoms with Gasteiger partial charge in [-0.2, -0.15) is 0 Å². The molecular formula is C36H45F2N3O4. The van der Waals surface area contributed by atoms with E-state index in [2.05, 4.69) is 10.6 Å². The number of carbonyl (C=O) groups is 2. The molecule has 45 heavy (non-hydrogen) atoms. The van der Waals surface area contributed by atoms with Crippen molar-refractivity contribution in [2.75, 3.05) is 26.7 Å². The monoisotopic (exact) mass is 621 g/mol. The van der Waals surface area contributed by atoms with Crippen LogP contribution in [0.5, 0.6) is 5.75 Å². The SMILES string of the molecule is CCCN(CCC)C(=O)CC1C(C(=O)N[C@@H](Cc2cc(F)cc(F)c2)[C@H](O)CNCc2cccc(OC)c2)C1c1ccccc1. The lowest BCUT2D eigenvalue weighted by Crippen LogP contribution is -2.49. The molecular weight excluding hydrogens is 576 g/mol. The average molecular weight is 622 g/mol. The quantitative estimate of drug-likeness (QED) is 0.192. The molecule has 0 aromatic heterocycles. The summed E-state index contributed by atoms with van der Waals surface area (Å²) in [4.78, 5) is 29.0. The van der Waals surface area contributed by atoms with Gasteiger partial charge in [0.15, 0.2) is 0 Å². The normalized spacial score (nSPS) is 18.6. The second-order valence-corrected chi connectivity index (χ2v) is 11.9. The highest BCUT2D eigenvalue weighted by atomic mass is 19.1. The van der Waals surface area contributed by atoms with E-state index < -0.39 is 29.7 Å². The molecule has 9 heteroatoms. The van der Waals surface area contributed by atoms with Crippen molar-refractivity contribution in [2.45, 2.75) is 64.1 Å². The minimum atomic E-state index is -1.07. The van der Waals surface area contributed by atoms with Crippen LogP contribution in [0.2, 0.25) is 0 Å². The minimum absolute atomic E-state index is 0.0233. The molecule has 1 fully saturated rings. The highest BCUT2D eigenvalue weighted by Gasteiger charge is 2.56. The Labute approximate surface area is 265 Å². The molecule has 1 aliphatic rings. The third-order valence-corrected chi connectivity index (χ3v) is 8.39. The van der Waals surface area contributed by atoms with Crippen molar-refractivity contribution in [1.82, 2.24) is 15.5 Å². The molecule has 7 nitrogen and oxygen atoms in total. The van der Waals surface area contributed by atoms with E-state index in [9.17, 15) is 23.5 Å². The zero-order valence-corrected chi connectivity index (χ0v) is 26.3. The zero-order valence-electron chi connectivity index (χ0n) is 26.3. The first-order chi connectivity index (χ1) is 21.7. The number of rotatable bonds is 17. The van der Waals surface area contributed by atoms with Crippen LogP contribution >= 0.6 is 0 Å². The Bertz CT molecular complexity index is 1380. The predicted octanol–water partition coefficient (Wildman–Crippen LogP) is 5.22. The molecule has 0 radical (unpaired) electrons. The van der Waals surface area contributed by atoms with Gasteiger partial charge in [-0.1, -0.05) is 56.3 Å². The Morgan fingerprint density at radius 3 is 2.27 bits per heavy atom. The van der Waals surface area contributed by atoms with Gasteiger partial charge >= 0.3 is 0 Å². The van der Waals surface area contributed by atoms with Crippen LogP contribution in [-0.2, 0) is 22.6 Å². The van der Waals surface area contributed by atoms with Crippen molar-refractivity contribution < 1.29 is 28.2 Å². The van der Waals surface area contributed by atoms with Crippen LogP contribution in [0.1, 0.15) is 55.7 Å². The minimum Gasteiger partial charge on any atom is -0.497 e. The Morgan fingerprint density at radius 1 is 0.933 bits per heavy atom. The molecule has 4 rings (SSSR count). The van der Waals surface area contributed by atoms with Gasteiger partial charge < -0.3 is 25.4 Å². The van der Waals surface area contributed by atoms with Crippen molar-refractivity contribution in [1.29, 1.82) is 0 Å². The summed E-state index contributed by atoms with van der Waals surface area (Å²) < 4.78 is 33.4. The molecule has 242 valence electrons. The third-order valence-electron chi connectivity index (χ3n) is 8.39. The third kappa shape index (κ3) is 9.58. The number of methoxy groups -OCH3 is 1. The topological polar surface area (TPSA) is 90.9 Å². The average Bonchev–Trinajstić information content (AvgIpc) is 3.74. The van der Waals surface area contributed by atoms with Gasteiger partial charge in [0.2, 0.25) is 11.8 Å². The summed E-state index contributed by atoms with van der Waals surface area (Å²) in [6, 6.07) is 19.6. The standard InChI is InChI=1S/C36H45F2N3O4/c1-4-14-41(15-5-2)33(43)21-30-34(26-11-7-6-8-12-26)35(30)36(44)40-31(19-25-16-27(37)20-28(38)17-25)32(42)23-39-22-24-10-9-13-29(18-24)45-3/h6-13,16-18,20,30-32,34-35,39,42H,4-5,14-15,19,21-23H2,1-3H3,(H,40,44)/t30?,31-,32+,34?,35?/m0/s1. The molecule has 3 aromatic carbocycles. The molecule has 0 spiro atoms. The van der Waals surface area contributed by atoms with E-state index in [4.69, 9.17) is 4.74 Å². The van der Waals surface area contributed by atoms with E-state index in [1.807, 2.05) is 73.3 Å². The molecule has 0 saturated heterocycles. The number of nitrogens with one attached hydrogen (secondary N) is 2. The Kier molecular flexibility index (Phi) is 12.5. The highest BCUT2D eigenvalue weighted by molar-refractivity contribution is 5.86. The van der Waals surface area contributed by atoms with E-state index >= 15 is 0 Å². The molecule has 3 N–H and O–H groups in total. The van der Waals surface area contributed by atoms with Crippen LogP contribution in [-0.4, -0.2) is 60.7 Å². The second kappa shape index (κ2) is 16.5. The molecule has 0 aliphatic heterocycles. The first-order valence-corrected chi connectivity index (χ1v) is 15.8. The van der Waals surface area contributed by atoms with E-state index in [0.29, 0.717) is 30.9 Å². The number of aliphatic hydroxyl groups is 1. The van der Waals surface area contributed by atoms with Crippen LogP contribution in [0, 0.1) is 23.5 Å². The number of carbonyl (C=O) groups excluding carboxylic acids is 2. The molecule has 1 saturated carbocycles. The summed E-state index contributed by atoms with van der Waals surface area (Å²) >= 11 is 0. The first-order valence-electron chi connectivity index (χ1n) is 15.8. The van der Waals surface area contributed by atoms with Crippen molar-refractivity contribution in [2.24, 2.45) is 11.8 Å². The van der Waals surface area contributed by atoms with Gasteiger partial charge in [-0.25, -0.2) is 8.78 Å². The van der Waals surface area contributed by atoms with Crippen LogP contribution < -0.4 is 15.4 Å². The summed E-state index contributed by atoms with van der Waals surface area (Å²) in [5.74, 6) is -1.79. The van der Waals surface area contributed by atoms with Crippen LogP contribution in [0.15, 0.2) is 72.8 Å². The van der Waals surface area contributed by atoms with Gasteiger partial charge in [-0.05, 0) is 72.1 Å². The van der Waals surface area contributed by atoms with E-state index in [-0.39, 0.29) is 43.0 Å². The number of halogens is 2. The predicted molar refractivity (Wildman–Crippen MR) is 171 cm³/mol. The number of hydrogen-bond acceptors (Lipinski definition) is 5. The summed E-state index contributed by atoms with van der Waals surface area (Å²) in [5.41, 5.74) is 2.25. The number of amides is 2. The molecule has 3 aromatic rings. The fourth-order valence-electron chi connectivity index (χ4n) is 6.18. The lowest BCUT2D eigenvalue weighted by atomic mass is 10.00. The summed E-state index contributed by atoms with van der Waals surface area (Å²) in [7, 11) is 1.59. The Balaban J connectivity index is 1.50. The van der Waals surface area contributed by atoms with Crippen molar-refractivity contribution in [3.8, 4) is 5.75 Å². The summed E-state index contributed by atoms with van der Waals surface area (Å²) in [6.45, 7) is 5.99. The van der Waals surface area contributed by atoms with Gasteiger partial charge in [0.1, 0.15) is 17.4 Å². The maximum Gasteiger partial charge on any atom is 0.224 e. The molecule has 3 unspecified atom stereocenters. The zero-order chi connectivity index (χ0) is 32.3. The van der Waals surface area contributed by atoms with Crippen molar-refractivity contribution in [3.05, 3.63) is 101 Å². The number of benzene rings is 3. The number of hydrogen-bond donors (Lipinski definition) is 3. The van der Waals surface area contributed by atoms with E-state index in [1.54, 1.807) is 7.11 Å². The second-order valence-electron chi connectivity index (χ2n) is 11.9. The number of nitrogens with zero attached hydrogens (tertiary/aromatic N) is 1. The van der Waals surface area contributed by atoms with Crippen LogP contribution in [0.4, 0.5) is 8.78 Å². The largest absolute Gasteiger partial charge is 0.497 e. The van der Waals surface area contributed by atoms with Gasteiger partial charge in [0.05, 0.1) is 19.3 Å². The van der Waals surface area contributed by atoms with E-state index in [0.717, 1.165) is 30.0 Å². The molecule has 2 amide bonds. The summed E-state index contributed by atoms with van der Waals surface area (Å²) in [6.07, 6.45) is 0.921. The maximum atomic E-state index is 14.1. The lowest BCUT2D eigenvalue weighted by Gasteiger charge is -2.25. The van der Waals surface area contributed by atoms with E-state index in [1.165, 1.54) is 12.1 Å². The van der Waals surface area contributed by atoms with Gasteiger partial charge in [-0.3, -0.25) is 9.59 Å². The Morgan fingerprint density at radius 2 is 1.62 bits per heavy atom. The van der Waals surface area contributed by atoms with Gasteiger partial charge in [0.25, 0.3) is 0 Å². The van der Waals surface area contributed by atoms with Crippen molar-refractivity contribution in [3.63, 3.8) is 0 Å². The van der Waals surface area contributed by atoms with Crippen LogP contribution in [0.3, 0.4) is 0 Å². The molecule has 0 bridgehead atoms. The summed E-state index contributed by atoms with van der Waals surface area (Å²) in [5, 5.41) is 17.5. The molecule has 5 atom stereocenters. The Hall–Kier alpha value is -3.82. The first kappa shape index (κ1) is 34.1. The lowest BCUT2D eigenvalue weighted by molar-refractivity contribution is -0.131. The van der Waals surface area contributed by atoms with Gasteiger partial charge in [0, 0.05) is 44.6 Å². The van der Waals surface area contributed by atoms with Crippen LogP contribution in [0.25, 0.3) is 0 Å². The van der Waals surface area contributed by atoms with Crippen molar-refractivity contribution >= 4 is 11.8 Å². The molecule has 0 heterocycles. The number of aliphatic hydroxyl groups excluding tert-OH is 1. The maximum absolute atomic E-state index is 14.1. The highest BCUT2D eigenvalue weighted by Crippen LogP contribution is 2.56. The fraction of sp³-hybridized carbons (Fsp3) is 0.444.